The Hall–Kier alpha value is -10.3. The molecule has 24 nitrogen and oxygen atoms in total. The molecule has 0 fully saturated rings. The molecule has 11 rings (SSSR count). The summed E-state index contributed by atoms with van der Waals surface area (Å²) in [5, 5.41) is 11.9. The van der Waals surface area contributed by atoms with E-state index in [9.17, 15) is 37.5 Å². The molecule has 0 saturated heterocycles. The number of H-pyrrole nitrogens is 3. The van der Waals surface area contributed by atoms with Crippen molar-refractivity contribution in [3.05, 3.63) is 233 Å². The number of fused-ring (bicyclic) bond motifs is 3. The first-order valence-electron chi connectivity index (χ1n) is 27.0. The molecule has 0 radical (unpaired) electrons. The fourth-order valence-electron chi connectivity index (χ4n) is 7.05. The van der Waals surface area contributed by atoms with Crippen molar-refractivity contribution < 1.29 is 87.1 Å². The Morgan fingerprint density at radius 3 is 1.40 bits per heavy atom. The third-order valence-corrected chi connectivity index (χ3v) is 11.6. The van der Waals surface area contributed by atoms with Crippen molar-refractivity contribution in [2.45, 2.75) is 49.0 Å². The number of aromatic amines is 3. The molecule has 0 saturated carbocycles. The molecular formula is C66H69ClN12NaO12S-. The van der Waals surface area contributed by atoms with Crippen LogP contribution in [-0.2, 0) is 25.5 Å². The zero-order chi connectivity index (χ0) is 64.5. The van der Waals surface area contributed by atoms with Crippen LogP contribution in [0.2, 0.25) is 0 Å². The minimum Gasteiger partial charge on any atom is -0.870 e. The van der Waals surface area contributed by atoms with E-state index in [2.05, 4.69) is 54.6 Å². The van der Waals surface area contributed by atoms with Gasteiger partial charge in [0.05, 0.1) is 30.2 Å². The number of carboxylic acids is 1. The quantitative estimate of drug-likeness (QED) is 0.0271. The van der Waals surface area contributed by atoms with Crippen molar-refractivity contribution in [3.8, 4) is 0 Å². The number of aryl methyl sites for hydroxylation is 2. The number of Topliss-reactive ketones (excluding diaryl/α,β-unsaturated/α-hetero) is 1. The predicted octanol–water partition coefficient (Wildman–Crippen LogP) is 9.23. The van der Waals surface area contributed by atoms with Crippen LogP contribution < -0.4 is 40.0 Å². The molecule has 8 N–H and O–H groups in total. The van der Waals surface area contributed by atoms with E-state index in [0.717, 1.165) is 55.6 Å². The number of aromatic carboxylic acids is 1. The number of ketones is 1. The number of carbonyl (C=O) groups is 6. The molecule has 10 aromatic heterocycles. The second-order valence-corrected chi connectivity index (χ2v) is 19.0. The molecule has 27 heteroatoms. The summed E-state index contributed by atoms with van der Waals surface area (Å²) in [6.07, 6.45) is 20.3. The minimum absolute atomic E-state index is 0. The first-order valence-corrected chi connectivity index (χ1v) is 28.1. The van der Waals surface area contributed by atoms with Gasteiger partial charge in [-0.15, -0.1) is 12.4 Å². The summed E-state index contributed by atoms with van der Waals surface area (Å²) in [7, 11) is 0. The van der Waals surface area contributed by atoms with E-state index in [1.165, 1.54) is 26.1 Å². The molecule has 1 aromatic carbocycles. The Kier molecular flexibility index (Phi) is 37.7. The molecule has 10 heterocycles. The second-order valence-electron chi connectivity index (χ2n) is 18.4. The average molecular weight is 1310 g/mol. The number of aromatic nitrogens is 10. The summed E-state index contributed by atoms with van der Waals surface area (Å²) in [6, 6.07) is 38.5. The van der Waals surface area contributed by atoms with Crippen LogP contribution in [0.25, 0.3) is 57.4 Å². The van der Waals surface area contributed by atoms with Crippen molar-refractivity contribution in [2.24, 2.45) is 0 Å². The Balaban J connectivity index is 0.000000562. The summed E-state index contributed by atoms with van der Waals surface area (Å²) < 4.78 is 32.2. The van der Waals surface area contributed by atoms with Gasteiger partial charge in [0.1, 0.15) is 28.7 Å². The standard InChI is InChI=1S/C17H15N3O2.C15H11N3O2.C9H8N2.C8H9NO3.C7H9NO2S.C6H6N2O.C3H6O.CH4.ClH.Na.H2O/c1-2-22-17(21)15-10-12(11-19-15)5-7-14-8-6-13-4-3-9-18-16(13)20-14;19-15(20)13-8-10(9-17-13)3-5-12-6-4-11-2-1-7-16-14(11)18-12;1-7-4-5-8-3-2-6-10-9(8)11-7;1-2-12-8(11)7-3-6(5-10)4-9-7;1-6-2-4-7(5-3-6)8-11(9)10;7-6-5(4-9)2-1-3-8-6;1-3(2)4;;;;/h3-11,19H,2H2,1H3;1-9,17H,(H,19,20);2-6H,1H3;3-5,9H,2H2,1H3;2-5,8H,1H3,(H,9,10);1-4H,(H2,7,8);1-2H3;1H4;1H;;1H2/q;;;;;;;;;+1;/p-2/b7-5+;5-3+;;;;;;;;;. The number of nitrogen functional groups attached to an aromatic ring is 1. The second kappa shape index (κ2) is 43.5. The molecule has 1 unspecified atom stereocenters. The van der Waals surface area contributed by atoms with Gasteiger partial charge in [-0.05, 0) is 180 Å². The molecule has 0 aliphatic heterocycles. The van der Waals surface area contributed by atoms with Gasteiger partial charge in [-0.25, -0.2) is 49.3 Å². The van der Waals surface area contributed by atoms with Crippen molar-refractivity contribution in [3.63, 3.8) is 0 Å². The van der Waals surface area contributed by atoms with Gasteiger partial charge in [0.25, 0.3) is 0 Å². The normalized spacial score (nSPS) is 10.1. The number of carboxylic acid groups (broad SMARTS) is 1. The smallest absolute Gasteiger partial charge is 0.870 e. The van der Waals surface area contributed by atoms with Crippen LogP contribution in [0.4, 0.5) is 11.5 Å². The van der Waals surface area contributed by atoms with Crippen LogP contribution in [0.3, 0.4) is 0 Å². The maximum absolute atomic E-state index is 11.6. The van der Waals surface area contributed by atoms with E-state index in [-0.39, 0.29) is 78.1 Å². The molecule has 0 spiro atoms. The SMILES string of the molecule is C.CC(C)=O.CCOC(=O)c1cc(/C=C/c2ccc3cccnc3n2)c[nH]1.CCOC(=O)c1cc(C=O)c[nH]1.Cc1ccc(NS(=O)[O-])cc1.Cc1ccc2cccnc2n1.Cl.Nc1ncccc1C=O.O=C(O)c1cc(/C=C/c2ccc3cccnc3n2)c[nH]1.[Na+].[OH-]. The maximum atomic E-state index is 11.6. The number of hydrogen-bond acceptors (Lipinski definition) is 19. The number of benzene rings is 1. The van der Waals surface area contributed by atoms with Gasteiger partial charge in [-0.2, -0.15) is 0 Å². The number of rotatable bonds is 13. The first-order chi connectivity index (χ1) is 42.9. The Morgan fingerprint density at radius 1 is 0.591 bits per heavy atom. The van der Waals surface area contributed by atoms with E-state index >= 15 is 0 Å². The van der Waals surface area contributed by atoms with Crippen LogP contribution in [-0.4, -0.2) is 119 Å². The van der Waals surface area contributed by atoms with Crippen LogP contribution >= 0.6 is 12.4 Å². The van der Waals surface area contributed by atoms with E-state index in [1.807, 2.05) is 117 Å². The number of nitrogens with two attached hydrogens (primary N) is 1. The van der Waals surface area contributed by atoms with Crippen LogP contribution in [0.15, 0.2) is 171 Å². The zero-order valence-electron chi connectivity index (χ0n) is 51.0. The Morgan fingerprint density at radius 2 is 1.00 bits per heavy atom. The maximum Gasteiger partial charge on any atom is 1.00 e. The molecule has 480 valence electrons. The van der Waals surface area contributed by atoms with Crippen molar-refractivity contribution in [2.75, 3.05) is 23.7 Å². The van der Waals surface area contributed by atoms with Gasteiger partial charge in [0.2, 0.25) is 0 Å². The largest absolute Gasteiger partial charge is 1.00 e. The summed E-state index contributed by atoms with van der Waals surface area (Å²) in [6.45, 7) is 11.2. The van der Waals surface area contributed by atoms with Gasteiger partial charge in [0.15, 0.2) is 29.5 Å². The fraction of sp³-hybridized carbons (Fsp3) is 0.136. The summed E-state index contributed by atoms with van der Waals surface area (Å²) in [5.41, 5.74) is 15.3. The number of nitrogens with one attached hydrogen (secondary N) is 4. The van der Waals surface area contributed by atoms with Crippen LogP contribution in [0.5, 0.6) is 0 Å². The fourth-order valence-corrected chi connectivity index (χ4v) is 7.38. The number of pyridine rings is 7. The molecule has 93 heavy (non-hydrogen) atoms. The van der Waals surface area contributed by atoms with E-state index in [4.69, 9.17) is 20.3 Å². The number of hydrogen-bond donors (Lipinski definition) is 6. The molecule has 0 bridgehead atoms. The van der Waals surface area contributed by atoms with Gasteiger partial charge < -0.3 is 54.8 Å². The number of carbonyl (C=O) groups excluding carboxylic acids is 5. The first kappa shape index (κ1) is 80.8. The number of halogens is 1. The molecule has 11 aromatic rings. The van der Waals surface area contributed by atoms with Crippen LogP contribution in [0.1, 0.15) is 121 Å². The summed E-state index contributed by atoms with van der Waals surface area (Å²) in [4.78, 5) is 101. The van der Waals surface area contributed by atoms with Gasteiger partial charge in [-0.3, -0.25) is 13.8 Å². The van der Waals surface area contributed by atoms with Gasteiger partial charge in [-0.1, -0.05) is 37.3 Å². The number of aldehydes is 2. The molecule has 0 aliphatic rings. The van der Waals surface area contributed by atoms with Crippen molar-refractivity contribution in [1.29, 1.82) is 0 Å². The topological polar surface area (TPSA) is 387 Å². The van der Waals surface area contributed by atoms with Crippen LogP contribution in [0, 0.1) is 13.8 Å². The third kappa shape index (κ3) is 29.1. The average Bonchev–Trinajstić information content (AvgIpc) is 1.76. The Bertz CT molecular complexity index is 4220. The van der Waals surface area contributed by atoms with Crippen molar-refractivity contribution >= 4 is 129 Å². The number of ether oxygens (including phenoxy) is 2. The molecular weight excluding hydrogens is 1240 g/mol. The summed E-state index contributed by atoms with van der Waals surface area (Å²) in [5.74, 6) is -1.31. The molecule has 0 amide bonds. The third-order valence-electron chi connectivity index (χ3n) is 11.2. The van der Waals surface area contributed by atoms with Gasteiger partial charge >= 0.3 is 47.5 Å². The summed E-state index contributed by atoms with van der Waals surface area (Å²) >= 11 is -2.22. The predicted molar refractivity (Wildman–Crippen MR) is 358 cm³/mol. The van der Waals surface area contributed by atoms with Gasteiger partial charge in [0, 0.05) is 87.7 Å². The Labute approximate surface area is 567 Å². The zero-order valence-corrected chi connectivity index (χ0v) is 54.7. The number of esters is 2. The van der Waals surface area contributed by atoms with E-state index in [0.29, 0.717) is 65.3 Å². The van der Waals surface area contributed by atoms with Crippen molar-refractivity contribution in [1.82, 2.24) is 49.8 Å². The number of nitrogens with zero attached hydrogens (tertiary/aromatic N) is 7. The number of anilines is 2. The molecule has 1 atom stereocenters. The monoisotopic (exact) mass is 1310 g/mol. The minimum atomic E-state index is -2.22. The van der Waals surface area contributed by atoms with E-state index in [1.54, 1.807) is 93.5 Å². The molecule has 0 aliphatic carbocycles. The van der Waals surface area contributed by atoms with E-state index < -0.39 is 23.2 Å².